The van der Waals surface area contributed by atoms with Crippen LogP contribution in [0.2, 0.25) is 0 Å². The van der Waals surface area contributed by atoms with E-state index < -0.39 is 10.0 Å². The van der Waals surface area contributed by atoms with Crippen molar-refractivity contribution in [2.75, 3.05) is 40.5 Å². The first-order valence-corrected chi connectivity index (χ1v) is 8.31. The second-order valence-electron chi connectivity index (χ2n) is 3.94. The van der Waals surface area contributed by atoms with E-state index >= 15 is 0 Å². The van der Waals surface area contributed by atoms with E-state index in [1.807, 2.05) is 0 Å². The van der Waals surface area contributed by atoms with Gasteiger partial charge in [-0.2, -0.15) is 0 Å². The average Bonchev–Trinajstić information content (AvgIpc) is 2.43. The second-order valence-corrected chi connectivity index (χ2v) is 6.56. The Bertz CT molecular complexity index is 522. The summed E-state index contributed by atoms with van der Waals surface area (Å²) in [6.45, 7) is 2.13. The third-order valence-corrected chi connectivity index (χ3v) is 4.62. The van der Waals surface area contributed by atoms with E-state index in [0.29, 0.717) is 36.5 Å². The molecule has 0 heterocycles. The molecule has 8 heteroatoms. The molecule has 0 amide bonds. The van der Waals surface area contributed by atoms with Crippen molar-refractivity contribution < 1.29 is 17.9 Å². The Morgan fingerprint density at radius 3 is 2.60 bits per heavy atom. The van der Waals surface area contributed by atoms with Crippen molar-refractivity contribution in [1.29, 1.82) is 0 Å². The smallest absolute Gasteiger partial charge is 0.240 e. The fraction of sp³-hybridized carbons (Fsp3) is 0.500. The summed E-state index contributed by atoms with van der Waals surface area (Å²) in [5.41, 5.74) is 0. The quantitative estimate of drug-likeness (QED) is 0.637. The summed E-state index contributed by atoms with van der Waals surface area (Å²) in [4.78, 5) is 0.175. The molecular weight excluding hydrogens is 348 g/mol. The lowest BCUT2D eigenvalue weighted by Crippen LogP contribution is -2.33. The van der Waals surface area contributed by atoms with Gasteiger partial charge in [0.2, 0.25) is 10.0 Å². The number of rotatable bonds is 9. The largest absolute Gasteiger partial charge is 0.496 e. The molecular formula is C12H19BrN2O4S. The predicted octanol–water partition coefficient (Wildman–Crippen LogP) is 0.972. The Morgan fingerprint density at radius 1 is 1.20 bits per heavy atom. The van der Waals surface area contributed by atoms with E-state index in [-0.39, 0.29) is 4.90 Å². The molecule has 0 fully saturated rings. The average molecular weight is 367 g/mol. The number of benzene rings is 1. The van der Waals surface area contributed by atoms with Crippen LogP contribution in [0.15, 0.2) is 27.6 Å². The Labute approximate surface area is 128 Å². The summed E-state index contributed by atoms with van der Waals surface area (Å²) >= 11 is 3.28. The van der Waals surface area contributed by atoms with Crippen molar-refractivity contribution in [3.05, 3.63) is 22.7 Å². The Balaban J connectivity index is 2.56. The monoisotopic (exact) mass is 366 g/mol. The highest BCUT2D eigenvalue weighted by molar-refractivity contribution is 9.10. The molecule has 1 rings (SSSR count). The van der Waals surface area contributed by atoms with Crippen LogP contribution in [0.1, 0.15) is 0 Å². The van der Waals surface area contributed by atoms with Crippen molar-refractivity contribution in [2.45, 2.75) is 4.90 Å². The van der Waals surface area contributed by atoms with Crippen molar-refractivity contribution >= 4 is 26.0 Å². The number of nitrogens with one attached hydrogen (secondary N) is 2. The van der Waals surface area contributed by atoms with Crippen LogP contribution in [-0.2, 0) is 14.8 Å². The van der Waals surface area contributed by atoms with Gasteiger partial charge in [-0.05, 0) is 28.1 Å². The lowest BCUT2D eigenvalue weighted by atomic mass is 10.3. The highest BCUT2D eigenvalue weighted by atomic mass is 79.9. The normalized spacial score (nSPS) is 11.6. The summed E-state index contributed by atoms with van der Waals surface area (Å²) in [5, 5.41) is 3.06. The zero-order chi connectivity index (χ0) is 15.0. The highest BCUT2D eigenvalue weighted by Gasteiger charge is 2.15. The lowest BCUT2D eigenvalue weighted by molar-refractivity contribution is 0.199. The molecule has 6 nitrogen and oxygen atoms in total. The summed E-state index contributed by atoms with van der Waals surface area (Å²) in [6.07, 6.45) is 0. The Kier molecular flexibility index (Phi) is 7.46. The van der Waals surface area contributed by atoms with Gasteiger partial charge in [-0.1, -0.05) is 0 Å². The van der Waals surface area contributed by atoms with Gasteiger partial charge in [-0.25, -0.2) is 13.1 Å². The van der Waals surface area contributed by atoms with Gasteiger partial charge >= 0.3 is 0 Å². The van der Waals surface area contributed by atoms with Crippen LogP contribution in [0.5, 0.6) is 5.75 Å². The van der Waals surface area contributed by atoms with E-state index in [9.17, 15) is 8.42 Å². The number of ether oxygens (including phenoxy) is 2. The van der Waals surface area contributed by atoms with E-state index in [0.717, 1.165) is 0 Å². The van der Waals surface area contributed by atoms with Crippen molar-refractivity contribution in [2.24, 2.45) is 0 Å². The summed E-state index contributed by atoms with van der Waals surface area (Å²) in [6, 6.07) is 4.64. The molecule has 1 aromatic carbocycles. The molecule has 0 atom stereocenters. The SMILES string of the molecule is COCCNCCNS(=O)(=O)c1ccc(Br)c(OC)c1. The van der Waals surface area contributed by atoms with Gasteiger partial charge in [0.15, 0.2) is 0 Å². The van der Waals surface area contributed by atoms with Crippen LogP contribution in [0.4, 0.5) is 0 Å². The zero-order valence-electron chi connectivity index (χ0n) is 11.5. The van der Waals surface area contributed by atoms with Crippen LogP contribution < -0.4 is 14.8 Å². The first-order valence-electron chi connectivity index (χ1n) is 6.04. The number of methoxy groups -OCH3 is 2. The van der Waals surface area contributed by atoms with Gasteiger partial charge in [-0.3, -0.25) is 0 Å². The third kappa shape index (κ3) is 5.37. The first kappa shape index (κ1) is 17.4. The van der Waals surface area contributed by atoms with Gasteiger partial charge in [-0.15, -0.1) is 0 Å². The minimum atomic E-state index is -3.52. The fourth-order valence-corrected chi connectivity index (χ4v) is 2.92. The highest BCUT2D eigenvalue weighted by Crippen LogP contribution is 2.27. The lowest BCUT2D eigenvalue weighted by Gasteiger charge is -2.09. The number of hydrogen-bond acceptors (Lipinski definition) is 5. The molecule has 114 valence electrons. The van der Waals surface area contributed by atoms with Crippen molar-refractivity contribution in [3.63, 3.8) is 0 Å². The fourth-order valence-electron chi connectivity index (χ4n) is 1.46. The molecule has 20 heavy (non-hydrogen) atoms. The summed E-state index contributed by atoms with van der Waals surface area (Å²) < 4.78 is 37.3. The van der Waals surface area contributed by atoms with Crippen LogP contribution in [0.25, 0.3) is 0 Å². The molecule has 0 saturated carbocycles. The van der Waals surface area contributed by atoms with Crippen molar-refractivity contribution in [1.82, 2.24) is 10.0 Å². The van der Waals surface area contributed by atoms with E-state index in [2.05, 4.69) is 26.0 Å². The first-order chi connectivity index (χ1) is 9.51. The van der Waals surface area contributed by atoms with Crippen LogP contribution in [-0.4, -0.2) is 48.9 Å². The van der Waals surface area contributed by atoms with Crippen LogP contribution in [0.3, 0.4) is 0 Å². The zero-order valence-corrected chi connectivity index (χ0v) is 13.9. The molecule has 0 aliphatic rings. The number of hydrogen-bond donors (Lipinski definition) is 2. The maximum absolute atomic E-state index is 12.1. The van der Waals surface area contributed by atoms with Gasteiger partial charge in [0.05, 0.1) is 23.1 Å². The van der Waals surface area contributed by atoms with E-state index in [1.165, 1.54) is 19.2 Å². The molecule has 0 saturated heterocycles. The summed E-state index contributed by atoms with van der Waals surface area (Å²) in [7, 11) is -0.418. The minimum Gasteiger partial charge on any atom is -0.496 e. The standard InChI is InChI=1S/C12H19BrN2O4S/c1-18-8-7-14-5-6-15-20(16,17)10-3-4-11(13)12(9-10)19-2/h3-4,9,14-15H,5-8H2,1-2H3. The number of sulfonamides is 1. The molecule has 2 N–H and O–H groups in total. The molecule has 0 unspecified atom stereocenters. The van der Waals surface area contributed by atoms with Gasteiger partial charge in [0.25, 0.3) is 0 Å². The molecule has 0 bridgehead atoms. The molecule has 0 radical (unpaired) electrons. The van der Waals surface area contributed by atoms with Gasteiger partial charge in [0, 0.05) is 32.8 Å². The van der Waals surface area contributed by atoms with Gasteiger partial charge < -0.3 is 14.8 Å². The molecule has 0 spiro atoms. The Morgan fingerprint density at radius 2 is 1.95 bits per heavy atom. The van der Waals surface area contributed by atoms with E-state index in [4.69, 9.17) is 9.47 Å². The minimum absolute atomic E-state index is 0.175. The molecule has 0 aliphatic heterocycles. The van der Waals surface area contributed by atoms with E-state index in [1.54, 1.807) is 13.2 Å². The van der Waals surface area contributed by atoms with Crippen LogP contribution in [0, 0.1) is 0 Å². The predicted molar refractivity (Wildman–Crippen MR) is 80.6 cm³/mol. The van der Waals surface area contributed by atoms with Crippen LogP contribution >= 0.6 is 15.9 Å². The van der Waals surface area contributed by atoms with Crippen molar-refractivity contribution in [3.8, 4) is 5.75 Å². The number of halogens is 1. The summed E-state index contributed by atoms with van der Waals surface area (Å²) in [5.74, 6) is 0.478. The topological polar surface area (TPSA) is 76.7 Å². The maximum atomic E-state index is 12.1. The third-order valence-electron chi connectivity index (χ3n) is 2.51. The second kappa shape index (κ2) is 8.58. The molecule has 0 aliphatic carbocycles. The maximum Gasteiger partial charge on any atom is 0.240 e. The van der Waals surface area contributed by atoms with Gasteiger partial charge in [0.1, 0.15) is 5.75 Å². The Hall–Kier alpha value is -0.670. The molecule has 1 aromatic rings. The molecule has 0 aromatic heterocycles.